The van der Waals surface area contributed by atoms with E-state index in [1.54, 1.807) is 6.07 Å². The van der Waals surface area contributed by atoms with Gasteiger partial charge in [0, 0.05) is 12.5 Å². The molecule has 0 saturated carbocycles. The van der Waals surface area contributed by atoms with Crippen LogP contribution < -0.4 is 5.32 Å². The van der Waals surface area contributed by atoms with E-state index in [2.05, 4.69) is 30.3 Å². The smallest absolute Gasteiger partial charge is 0.322 e. The van der Waals surface area contributed by atoms with Gasteiger partial charge in [-0.1, -0.05) is 49.4 Å². The van der Waals surface area contributed by atoms with Crippen molar-refractivity contribution in [1.29, 1.82) is 0 Å². The molecule has 2 aromatic carbocycles. The van der Waals surface area contributed by atoms with Crippen molar-refractivity contribution in [2.24, 2.45) is 11.8 Å². The fourth-order valence-electron chi connectivity index (χ4n) is 4.70. The number of amides is 1. The molecule has 1 heterocycles. The number of nitrogens with one attached hydrogen (secondary N) is 1. The Morgan fingerprint density at radius 3 is 2.48 bits per heavy atom. The third-order valence-electron chi connectivity index (χ3n) is 6.63. The maximum Gasteiger partial charge on any atom is 0.322 e. The standard InChI is InChI=1S/C25H32N2O4.2H2O/c1-25(20-9-6-10-22(28)15-20)11-12-27(2)17-21(25)14-19(24(31)26-16-23(29)30)13-18-7-4-3-5-8-18;;/h3-10,15,19,21,28H,11-14,16-17H2,1-2H3,(H,26,31)(H,29,30);2*1H2/t19-,21?,25?;;/m1../s1. The predicted molar refractivity (Wildman–Crippen MR) is 127 cm³/mol. The lowest BCUT2D eigenvalue weighted by atomic mass is 9.64. The SMILES string of the molecule is CN1CCC(C)(c2cccc(O)c2)C(C[C@@H](Cc2ccccc2)C(=O)NCC(=O)O)C1.O.O. The average Bonchev–Trinajstić information content (AvgIpc) is 2.75. The van der Waals surface area contributed by atoms with Crippen LogP contribution in [0.15, 0.2) is 54.6 Å². The number of carboxylic acids is 1. The number of hydrogen-bond acceptors (Lipinski definition) is 4. The van der Waals surface area contributed by atoms with Crippen LogP contribution in [0.4, 0.5) is 0 Å². The summed E-state index contributed by atoms with van der Waals surface area (Å²) in [6.45, 7) is 3.62. The van der Waals surface area contributed by atoms with Crippen LogP contribution in [0, 0.1) is 11.8 Å². The molecule has 1 aliphatic rings. The van der Waals surface area contributed by atoms with E-state index in [-0.39, 0.29) is 46.4 Å². The normalized spacial score (nSPS) is 21.2. The summed E-state index contributed by atoms with van der Waals surface area (Å²) < 4.78 is 0. The van der Waals surface area contributed by atoms with Gasteiger partial charge in [-0.2, -0.15) is 0 Å². The van der Waals surface area contributed by atoms with Crippen molar-refractivity contribution < 1.29 is 30.8 Å². The lowest BCUT2D eigenvalue weighted by Gasteiger charge is -2.46. The Labute approximate surface area is 194 Å². The Bertz CT molecular complexity index is 907. The van der Waals surface area contributed by atoms with Crippen molar-refractivity contribution in [3.05, 3.63) is 65.7 Å². The summed E-state index contributed by atoms with van der Waals surface area (Å²) in [6.07, 6.45) is 2.12. The second kappa shape index (κ2) is 12.3. The van der Waals surface area contributed by atoms with Crippen molar-refractivity contribution in [1.82, 2.24) is 10.2 Å². The molecular formula is C25H36N2O6. The number of rotatable bonds is 8. The van der Waals surface area contributed by atoms with E-state index in [0.29, 0.717) is 12.8 Å². The molecule has 7 N–H and O–H groups in total. The summed E-state index contributed by atoms with van der Waals surface area (Å²) in [7, 11) is 2.09. The first kappa shape index (κ1) is 28.1. The maximum atomic E-state index is 13.0. The molecule has 8 nitrogen and oxygen atoms in total. The van der Waals surface area contributed by atoms with Crippen molar-refractivity contribution >= 4 is 11.9 Å². The fourth-order valence-corrected chi connectivity index (χ4v) is 4.70. The third-order valence-corrected chi connectivity index (χ3v) is 6.63. The van der Waals surface area contributed by atoms with Gasteiger partial charge < -0.3 is 31.4 Å². The van der Waals surface area contributed by atoms with Gasteiger partial charge in [-0.05, 0) is 67.4 Å². The van der Waals surface area contributed by atoms with Crippen molar-refractivity contribution in [3.8, 4) is 5.75 Å². The second-order valence-corrected chi connectivity index (χ2v) is 8.91. The molecule has 33 heavy (non-hydrogen) atoms. The van der Waals surface area contributed by atoms with E-state index in [0.717, 1.165) is 30.6 Å². The Morgan fingerprint density at radius 1 is 1.15 bits per heavy atom. The quantitative estimate of drug-likeness (QED) is 0.543. The van der Waals surface area contributed by atoms with E-state index < -0.39 is 5.97 Å². The van der Waals surface area contributed by atoms with Crippen LogP contribution in [0.1, 0.15) is 30.9 Å². The maximum absolute atomic E-state index is 13.0. The number of aromatic hydroxyl groups is 1. The summed E-state index contributed by atoms with van der Waals surface area (Å²) in [5.41, 5.74) is 1.95. The van der Waals surface area contributed by atoms with Crippen molar-refractivity contribution in [3.63, 3.8) is 0 Å². The fraction of sp³-hybridized carbons (Fsp3) is 0.440. The first-order chi connectivity index (χ1) is 14.8. The highest BCUT2D eigenvalue weighted by Gasteiger charge is 2.41. The molecule has 2 aromatic rings. The Morgan fingerprint density at radius 2 is 1.85 bits per heavy atom. The summed E-state index contributed by atoms with van der Waals surface area (Å²) >= 11 is 0. The highest BCUT2D eigenvalue weighted by atomic mass is 16.4. The van der Waals surface area contributed by atoms with E-state index in [4.69, 9.17) is 5.11 Å². The molecule has 8 heteroatoms. The third kappa shape index (κ3) is 7.28. The van der Waals surface area contributed by atoms with Crippen molar-refractivity contribution in [2.75, 3.05) is 26.7 Å². The molecule has 0 bridgehead atoms. The zero-order valence-electron chi connectivity index (χ0n) is 19.3. The molecule has 0 aliphatic carbocycles. The van der Waals surface area contributed by atoms with Gasteiger partial charge in [0.2, 0.25) is 5.91 Å². The van der Waals surface area contributed by atoms with Crippen LogP contribution in [-0.4, -0.2) is 64.6 Å². The number of piperidine rings is 1. The molecule has 1 amide bonds. The van der Waals surface area contributed by atoms with Gasteiger partial charge in [-0.3, -0.25) is 9.59 Å². The number of phenolic OH excluding ortho intramolecular Hbond substituents is 1. The molecule has 2 unspecified atom stereocenters. The summed E-state index contributed by atoms with van der Waals surface area (Å²) in [5, 5.41) is 21.6. The van der Waals surface area contributed by atoms with Gasteiger partial charge >= 0.3 is 5.97 Å². The number of nitrogens with zero attached hydrogens (tertiary/aromatic N) is 1. The molecule has 0 spiro atoms. The van der Waals surface area contributed by atoms with Crippen LogP contribution in [-0.2, 0) is 21.4 Å². The second-order valence-electron chi connectivity index (χ2n) is 8.91. The molecular weight excluding hydrogens is 424 g/mol. The van der Waals surface area contributed by atoms with Gasteiger partial charge in [0.15, 0.2) is 0 Å². The zero-order valence-corrected chi connectivity index (χ0v) is 19.3. The minimum Gasteiger partial charge on any atom is -0.508 e. The van der Waals surface area contributed by atoms with Gasteiger partial charge in [-0.15, -0.1) is 0 Å². The topological polar surface area (TPSA) is 153 Å². The van der Waals surface area contributed by atoms with Gasteiger partial charge in [0.25, 0.3) is 0 Å². The van der Waals surface area contributed by atoms with E-state index in [1.165, 1.54) is 0 Å². The number of benzene rings is 2. The Kier molecular flexibility index (Phi) is 10.5. The van der Waals surface area contributed by atoms with Gasteiger partial charge in [-0.25, -0.2) is 0 Å². The molecule has 0 aromatic heterocycles. The highest BCUT2D eigenvalue weighted by Crippen LogP contribution is 2.43. The van der Waals surface area contributed by atoms with Crippen LogP contribution in [0.5, 0.6) is 5.75 Å². The molecule has 3 atom stereocenters. The number of carbonyl (C=O) groups is 2. The summed E-state index contributed by atoms with van der Waals surface area (Å²) in [5.74, 6) is -1.18. The monoisotopic (exact) mass is 460 g/mol. The predicted octanol–water partition coefficient (Wildman–Crippen LogP) is 1.40. The average molecular weight is 461 g/mol. The van der Waals surface area contributed by atoms with Crippen LogP contribution in [0.25, 0.3) is 0 Å². The van der Waals surface area contributed by atoms with Gasteiger partial charge in [0.05, 0.1) is 0 Å². The molecule has 1 saturated heterocycles. The molecule has 1 fully saturated rings. The Hall–Kier alpha value is -2.94. The largest absolute Gasteiger partial charge is 0.508 e. The Balaban J connectivity index is 0.00000272. The number of phenols is 1. The van der Waals surface area contributed by atoms with Crippen molar-refractivity contribution in [2.45, 2.75) is 31.6 Å². The highest BCUT2D eigenvalue weighted by molar-refractivity contribution is 5.83. The number of carboxylic acid groups (broad SMARTS) is 1. The minimum absolute atomic E-state index is 0. The number of carbonyl (C=O) groups excluding carboxylic acids is 1. The molecule has 3 rings (SSSR count). The number of aliphatic carboxylic acids is 1. The first-order valence-corrected chi connectivity index (χ1v) is 10.8. The van der Waals surface area contributed by atoms with Gasteiger partial charge in [0.1, 0.15) is 12.3 Å². The number of likely N-dealkylation sites (tertiary alicyclic amines) is 1. The molecule has 182 valence electrons. The molecule has 1 aliphatic heterocycles. The lowest BCUT2D eigenvalue weighted by molar-refractivity contribution is -0.138. The van der Waals surface area contributed by atoms with E-state index in [9.17, 15) is 14.7 Å². The summed E-state index contributed by atoms with van der Waals surface area (Å²) in [6, 6.07) is 17.3. The van der Waals surface area contributed by atoms with E-state index >= 15 is 0 Å². The van der Waals surface area contributed by atoms with Crippen LogP contribution in [0.3, 0.4) is 0 Å². The van der Waals surface area contributed by atoms with Crippen LogP contribution in [0.2, 0.25) is 0 Å². The number of hydrogen-bond donors (Lipinski definition) is 3. The van der Waals surface area contributed by atoms with E-state index in [1.807, 2.05) is 42.5 Å². The lowest BCUT2D eigenvalue weighted by Crippen LogP contribution is -2.49. The first-order valence-electron chi connectivity index (χ1n) is 10.8. The molecule has 0 radical (unpaired) electrons. The summed E-state index contributed by atoms with van der Waals surface area (Å²) in [4.78, 5) is 26.3. The van der Waals surface area contributed by atoms with Crippen LogP contribution >= 0.6 is 0 Å². The minimum atomic E-state index is -1.05. The zero-order chi connectivity index (χ0) is 22.4.